The number of carboxylic acid groups (broad SMARTS) is 1. The molecular formula is C14H15NO3. The van der Waals surface area contributed by atoms with Crippen LogP contribution in [0.15, 0.2) is 34.9 Å². The number of rotatable bonds is 4. The lowest BCUT2D eigenvalue weighted by molar-refractivity contribution is -0.138. The highest BCUT2D eigenvalue weighted by molar-refractivity contribution is 5.80. The lowest BCUT2D eigenvalue weighted by atomic mass is 10.1. The highest BCUT2D eigenvalue weighted by Crippen LogP contribution is 2.36. The predicted octanol–water partition coefficient (Wildman–Crippen LogP) is 2.34. The molecule has 0 amide bonds. The van der Waals surface area contributed by atoms with Gasteiger partial charge in [-0.05, 0) is 19.5 Å². The van der Waals surface area contributed by atoms with E-state index in [-0.39, 0.29) is 12.0 Å². The second kappa shape index (κ2) is 4.14. The van der Waals surface area contributed by atoms with Crippen LogP contribution in [0.4, 0.5) is 0 Å². The van der Waals surface area contributed by atoms with Gasteiger partial charge >= 0.3 is 5.97 Å². The van der Waals surface area contributed by atoms with Gasteiger partial charge in [-0.3, -0.25) is 9.69 Å². The monoisotopic (exact) mass is 245 g/mol. The molecule has 2 unspecified atom stereocenters. The molecule has 1 heterocycles. The largest absolute Gasteiger partial charge is 0.481 e. The summed E-state index contributed by atoms with van der Waals surface area (Å²) in [5.74, 6) is -0.892. The van der Waals surface area contributed by atoms with E-state index in [1.165, 1.54) is 0 Å². The van der Waals surface area contributed by atoms with Crippen molar-refractivity contribution in [3.05, 3.63) is 36.1 Å². The van der Waals surface area contributed by atoms with Crippen molar-refractivity contribution in [3.63, 3.8) is 0 Å². The molecule has 1 N–H and O–H groups in total. The fraction of sp³-hybridized carbons (Fsp3) is 0.357. The van der Waals surface area contributed by atoms with Crippen LogP contribution >= 0.6 is 0 Å². The van der Waals surface area contributed by atoms with Gasteiger partial charge in [-0.1, -0.05) is 18.2 Å². The first-order valence-electron chi connectivity index (χ1n) is 6.05. The molecule has 18 heavy (non-hydrogen) atoms. The molecule has 2 aromatic rings. The topological polar surface area (TPSA) is 53.7 Å². The Labute approximate surface area is 105 Å². The van der Waals surface area contributed by atoms with Gasteiger partial charge in [0, 0.05) is 23.5 Å². The molecule has 2 atom stereocenters. The quantitative estimate of drug-likeness (QED) is 0.898. The molecule has 0 saturated heterocycles. The molecule has 1 saturated carbocycles. The van der Waals surface area contributed by atoms with E-state index in [9.17, 15) is 4.79 Å². The fourth-order valence-corrected chi connectivity index (χ4v) is 2.48. The number of para-hydroxylation sites is 1. The average molecular weight is 245 g/mol. The van der Waals surface area contributed by atoms with E-state index in [2.05, 4.69) is 4.90 Å². The molecule has 3 rings (SSSR count). The summed E-state index contributed by atoms with van der Waals surface area (Å²) in [7, 11) is 1.97. The van der Waals surface area contributed by atoms with Gasteiger partial charge in [0.15, 0.2) is 0 Å². The summed E-state index contributed by atoms with van der Waals surface area (Å²) in [5, 5.41) is 10.0. The minimum Gasteiger partial charge on any atom is -0.481 e. The second-order valence-corrected chi connectivity index (χ2v) is 4.92. The lowest BCUT2D eigenvalue weighted by Gasteiger charge is -2.15. The maximum absolute atomic E-state index is 10.8. The van der Waals surface area contributed by atoms with Crippen LogP contribution in [0.2, 0.25) is 0 Å². The number of fused-ring (bicyclic) bond motifs is 1. The standard InChI is InChI=1S/C14H15NO3/c1-15(12-6-11(12)14(16)17)7-9-8-18-13-5-3-2-4-10(9)13/h2-5,8,11-12H,6-7H2,1H3,(H,16,17). The highest BCUT2D eigenvalue weighted by Gasteiger charge is 2.45. The van der Waals surface area contributed by atoms with Crippen molar-refractivity contribution < 1.29 is 14.3 Å². The molecule has 1 aliphatic carbocycles. The highest BCUT2D eigenvalue weighted by atomic mass is 16.4. The molecule has 94 valence electrons. The van der Waals surface area contributed by atoms with Gasteiger partial charge < -0.3 is 9.52 Å². The molecule has 0 bridgehead atoms. The van der Waals surface area contributed by atoms with Crippen LogP contribution in [0.5, 0.6) is 0 Å². The number of hydrogen-bond donors (Lipinski definition) is 1. The van der Waals surface area contributed by atoms with Gasteiger partial charge in [-0.2, -0.15) is 0 Å². The molecule has 1 aromatic carbocycles. The number of benzene rings is 1. The third-order valence-electron chi connectivity index (χ3n) is 3.62. The summed E-state index contributed by atoms with van der Waals surface area (Å²) in [5.41, 5.74) is 2.00. The third-order valence-corrected chi connectivity index (χ3v) is 3.62. The molecule has 4 nitrogen and oxygen atoms in total. The van der Waals surface area contributed by atoms with Gasteiger partial charge in [-0.25, -0.2) is 0 Å². The van der Waals surface area contributed by atoms with Crippen LogP contribution in [0.3, 0.4) is 0 Å². The molecule has 4 heteroatoms. The van der Waals surface area contributed by atoms with Gasteiger partial charge in [0.1, 0.15) is 5.58 Å². The van der Waals surface area contributed by atoms with Crippen LogP contribution in [0.25, 0.3) is 11.0 Å². The number of carbonyl (C=O) groups is 1. The van der Waals surface area contributed by atoms with Gasteiger partial charge in [0.25, 0.3) is 0 Å². The van der Waals surface area contributed by atoms with Crippen molar-refractivity contribution in [2.45, 2.75) is 19.0 Å². The Morgan fingerprint density at radius 2 is 2.28 bits per heavy atom. The number of carboxylic acids is 1. The minimum atomic E-state index is -0.691. The van der Waals surface area contributed by atoms with E-state index in [0.29, 0.717) is 0 Å². The predicted molar refractivity (Wildman–Crippen MR) is 67.2 cm³/mol. The Morgan fingerprint density at radius 1 is 1.50 bits per heavy atom. The Hall–Kier alpha value is -1.81. The van der Waals surface area contributed by atoms with Crippen LogP contribution in [-0.4, -0.2) is 29.1 Å². The Balaban J connectivity index is 1.75. The van der Waals surface area contributed by atoms with Crippen molar-refractivity contribution in [2.75, 3.05) is 7.05 Å². The number of nitrogens with zero attached hydrogens (tertiary/aromatic N) is 1. The zero-order valence-corrected chi connectivity index (χ0v) is 10.2. The summed E-state index contributed by atoms with van der Waals surface area (Å²) < 4.78 is 5.48. The number of hydrogen-bond acceptors (Lipinski definition) is 3. The van der Waals surface area contributed by atoms with E-state index < -0.39 is 5.97 Å². The summed E-state index contributed by atoms with van der Waals surface area (Å²) >= 11 is 0. The maximum Gasteiger partial charge on any atom is 0.308 e. The number of aliphatic carboxylic acids is 1. The van der Waals surface area contributed by atoms with Crippen molar-refractivity contribution in [1.29, 1.82) is 0 Å². The van der Waals surface area contributed by atoms with E-state index >= 15 is 0 Å². The first kappa shape index (κ1) is 11.3. The number of furan rings is 1. The fourth-order valence-electron chi connectivity index (χ4n) is 2.48. The molecule has 1 aromatic heterocycles. The minimum absolute atomic E-state index is 0.163. The van der Waals surface area contributed by atoms with Crippen LogP contribution < -0.4 is 0 Å². The molecule has 1 fully saturated rings. The Bertz CT molecular complexity index is 589. The zero-order valence-electron chi connectivity index (χ0n) is 10.2. The average Bonchev–Trinajstić information content (AvgIpc) is 3.08. The zero-order chi connectivity index (χ0) is 12.7. The van der Waals surface area contributed by atoms with Crippen molar-refractivity contribution in [3.8, 4) is 0 Å². The maximum atomic E-state index is 10.8. The molecule has 0 aliphatic heterocycles. The van der Waals surface area contributed by atoms with Gasteiger partial charge in [-0.15, -0.1) is 0 Å². The normalized spacial score (nSPS) is 22.6. The van der Waals surface area contributed by atoms with E-state index in [1.54, 1.807) is 6.26 Å². The Morgan fingerprint density at radius 3 is 3.00 bits per heavy atom. The SMILES string of the molecule is CN(Cc1coc2ccccc12)C1CC1C(=O)O. The van der Waals surface area contributed by atoms with Crippen LogP contribution in [-0.2, 0) is 11.3 Å². The molecule has 0 radical (unpaired) electrons. The molecule has 0 spiro atoms. The van der Waals surface area contributed by atoms with Crippen LogP contribution in [0, 0.1) is 5.92 Å². The second-order valence-electron chi connectivity index (χ2n) is 4.92. The van der Waals surface area contributed by atoms with Crippen molar-refractivity contribution in [1.82, 2.24) is 4.90 Å². The third kappa shape index (κ3) is 1.88. The molecular weight excluding hydrogens is 230 g/mol. The summed E-state index contributed by atoms with van der Waals surface area (Å²) in [6.45, 7) is 0.728. The lowest BCUT2D eigenvalue weighted by Crippen LogP contribution is -2.23. The smallest absolute Gasteiger partial charge is 0.308 e. The van der Waals surface area contributed by atoms with Gasteiger partial charge in [0.05, 0.1) is 12.2 Å². The Kier molecular flexibility index (Phi) is 2.59. The summed E-state index contributed by atoms with van der Waals surface area (Å²) in [4.78, 5) is 12.9. The molecule has 1 aliphatic rings. The summed E-state index contributed by atoms with van der Waals surface area (Å²) in [6, 6.07) is 8.06. The van der Waals surface area contributed by atoms with E-state index in [1.807, 2.05) is 31.3 Å². The van der Waals surface area contributed by atoms with Crippen molar-refractivity contribution in [2.24, 2.45) is 5.92 Å². The summed E-state index contributed by atoms with van der Waals surface area (Å²) in [6.07, 6.45) is 2.51. The first-order valence-corrected chi connectivity index (χ1v) is 6.05. The van der Waals surface area contributed by atoms with E-state index in [4.69, 9.17) is 9.52 Å². The van der Waals surface area contributed by atoms with E-state index in [0.717, 1.165) is 29.5 Å². The van der Waals surface area contributed by atoms with Gasteiger partial charge in [0.2, 0.25) is 0 Å². The first-order chi connectivity index (χ1) is 8.66. The van der Waals surface area contributed by atoms with Crippen LogP contribution in [0.1, 0.15) is 12.0 Å². The van der Waals surface area contributed by atoms with Crippen molar-refractivity contribution >= 4 is 16.9 Å².